The van der Waals surface area contributed by atoms with Crippen LogP contribution >= 0.6 is 11.6 Å². The summed E-state index contributed by atoms with van der Waals surface area (Å²) in [4.78, 5) is 16.4. The molecule has 0 fully saturated rings. The number of carbonyl (C=O) groups is 1. The summed E-state index contributed by atoms with van der Waals surface area (Å²) in [5, 5.41) is 6.57. The number of anilines is 2. The first kappa shape index (κ1) is 14.3. The van der Waals surface area contributed by atoms with Crippen molar-refractivity contribution >= 4 is 29.0 Å². The van der Waals surface area contributed by atoms with Gasteiger partial charge in [-0.15, -0.1) is 0 Å². The van der Waals surface area contributed by atoms with E-state index in [1.165, 1.54) is 0 Å². The highest BCUT2D eigenvalue weighted by Crippen LogP contribution is 2.14. The number of aromatic nitrogens is 1. The van der Waals surface area contributed by atoms with Crippen LogP contribution in [0.1, 0.15) is 24.3 Å². The van der Waals surface area contributed by atoms with Crippen molar-refractivity contribution in [3.63, 3.8) is 0 Å². The van der Waals surface area contributed by atoms with Crippen LogP contribution < -0.4 is 10.6 Å². The highest BCUT2D eigenvalue weighted by Gasteiger charge is 2.08. The first-order chi connectivity index (χ1) is 9.54. The third-order valence-electron chi connectivity index (χ3n) is 2.52. The van der Waals surface area contributed by atoms with Crippen LogP contribution in [0.25, 0.3) is 0 Å². The van der Waals surface area contributed by atoms with Crippen molar-refractivity contribution in [2.45, 2.75) is 19.9 Å². The summed E-state index contributed by atoms with van der Waals surface area (Å²) >= 11 is 5.80. The summed E-state index contributed by atoms with van der Waals surface area (Å²) < 4.78 is 0. The number of carbonyl (C=O) groups excluding carboxylic acids is 1. The maximum atomic E-state index is 12.1. The van der Waals surface area contributed by atoms with Crippen LogP contribution in [0.4, 0.5) is 11.5 Å². The van der Waals surface area contributed by atoms with Crippen LogP contribution in [0, 0.1) is 0 Å². The lowest BCUT2D eigenvalue weighted by Crippen LogP contribution is -2.16. The highest BCUT2D eigenvalue weighted by atomic mass is 35.5. The Kier molecular flexibility index (Phi) is 4.58. The molecule has 1 heterocycles. The molecule has 0 unspecified atom stereocenters. The van der Waals surface area contributed by atoms with Crippen LogP contribution in [0.15, 0.2) is 42.5 Å². The second-order valence-corrected chi connectivity index (χ2v) is 5.10. The number of pyridine rings is 1. The van der Waals surface area contributed by atoms with Gasteiger partial charge in [-0.1, -0.05) is 17.7 Å². The molecule has 0 aliphatic heterocycles. The van der Waals surface area contributed by atoms with E-state index in [9.17, 15) is 4.79 Å². The second-order valence-electron chi connectivity index (χ2n) is 4.67. The van der Waals surface area contributed by atoms with Gasteiger partial charge in [-0.2, -0.15) is 0 Å². The number of amides is 1. The maximum absolute atomic E-state index is 12.1. The predicted molar refractivity (Wildman–Crippen MR) is 82.4 cm³/mol. The molecule has 0 aliphatic rings. The molecule has 0 bridgehead atoms. The minimum Gasteiger partial charge on any atom is -0.368 e. The smallest absolute Gasteiger partial charge is 0.274 e. The first-order valence-electron chi connectivity index (χ1n) is 6.35. The fraction of sp³-hybridized carbons (Fsp3) is 0.200. The minimum atomic E-state index is -0.250. The Balaban J connectivity index is 2.10. The summed E-state index contributed by atoms with van der Waals surface area (Å²) in [5.41, 5.74) is 1.05. The van der Waals surface area contributed by atoms with Crippen molar-refractivity contribution in [1.29, 1.82) is 0 Å². The molecule has 0 spiro atoms. The van der Waals surface area contributed by atoms with E-state index in [4.69, 9.17) is 11.6 Å². The maximum Gasteiger partial charge on any atom is 0.274 e. The van der Waals surface area contributed by atoms with Gasteiger partial charge in [0.2, 0.25) is 0 Å². The Morgan fingerprint density at radius 1 is 1.15 bits per heavy atom. The molecular formula is C15H16ClN3O. The van der Waals surface area contributed by atoms with Gasteiger partial charge >= 0.3 is 0 Å². The largest absolute Gasteiger partial charge is 0.368 e. The Morgan fingerprint density at radius 2 is 1.85 bits per heavy atom. The monoisotopic (exact) mass is 289 g/mol. The van der Waals surface area contributed by atoms with Crippen molar-refractivity contribution in [3.8, 4) is 0 Å². The van der Waals surface area contributed by atoms with E-state index in [1.807, 2.05) is 19.9 Å². The predicted octanol–water partition coefficient (Wildman–Crippen LogP) is 3.81. The molecule has 4 nitrogen and oxygen atoms in total. The molecule has 1 aromatic carbocycles. The zero-order valence-corrected chi connectivity index (χ0v) is 12.1. The van der Waals surface area contributed by atoms with Gasteiger partial charge in [0.25, 0.3) is 5.91 Å². The molecule has 2 N–H and O–H groups in total. The Labute approximate surface area is 123 Å². The van der Waals surface area contributed by atoms with Crippen molar-refractivity contribution in [2.75, 3.05) is 10.6 Å². The van der Waals surface area contributed by atoms with Crippen LogP contribution in [0.3, 0.4) is 0 Å². The van der Waals surface area contributed by atoms with E-state index in [2.05, 4.69) is 15.6 Å². The molecule has 0 saturated carbocycles. The van der Waals surface area contributed by atoms with Crippen molar-refractivity contribution < 1.29 is 4.79 Å². The van der Waals surface area contributed by atoms with Gasteiger partial charge in [0.1, 0.15) is 11.5 Å². The molecule has 0 radical (unpaired) electrons. The van der Waals surface area contributed by atoms with Gasteiger partial charge in [0, 0.05) is 16.8 Å². The van der Waals surface area contributed by atoms with Gasteiger partial charge in [-0.25, -0.2) is 4.98 Å². The van der Waals surface area contributed by atoms with Gasteiger partial charge in [0.05, 0.1) is 0 Å². The van der Waals surface area contributed by atoms with Crippen LogP contribution in [-0.4, -0.2) is 16.9 Å². The molecule has 104 valence electrons. The third kappa shape index (κ3) is 3.96. The molecule has 0 aliphatic carbocycles. The van der Waals surface area contributed by atoms with E-state index in [0.29, 0.717) is 22.2 Å². The Morgan fingerprint density at radius 3 is 2.50 bits per heavy atom. The standard InChI is InChI=1S/C15H16ClN3O/c1-10(2)17-14-5-3-4-13(19-14)15(20)18-12-8-6-11(16)7-9-12/h3-10H,1-2H3,(H,17,19)(H,18,20). The fourth-order valence-corrected chi connectivity index (χ4v) is 1.79. The minimum absolute atomic E-state index is 0.250. The lowest BCUT2D eigenvalue weighted by atomic mass is 10.3. The van der Waals surface area contributed by atoms with Crippen molar-refractivity contribution in [1.82, 2.24) is 4.98 Å². The number of hydrogen-bond donors (Lipinski definition) is 2. The number of nitrogens with zero attached hydrogens (tertiary/aromatic N) is 1. The lowest BCUT2D eigenvalue weighted by Gasteiger charge is -2.10. The molecule has 1 amide bonds. The molecule has 20 heavy (non-hydrogen) atoms. The summed E-state index contributed by atoms with van der Waals surface area (Å²) in [7, 11) is 0. The first-order valence-corrected chi connectivity index (χ1v) is 6.73. The molecule has 0 atom stereocenters. The number of nitrogens with one attached hydrogen (secondary N) is 2. The second kappa shape index (κ2) is 6.39. The average molecular weight is 290 g/mol. The summed E-state index contributed by atoms with van der Waals surface area (Å²) in [6.45, 7) is 4.03. The van der Waals surface area contributed by atoms with Gasteiger partial charge in [0.15, 0.2) is 0 Å². The number of benzene rings is 1. The quantitative estimate of drug-likeness (QED) is 0.900. The van der Waals surface area contributed by atoms with Gasteiger partial charge < -0.3 is 10.6 Å². The van der Waals surface area contributed by atoms with E-state index in [0.717, 1.165) is 0 Å². The molecule has 5 heteroatoms. The average Bonchev–Trinajstić information content (AvgIpc) is 2.41. The molecule has 0 saturated heterocycles. The van der Waals surface area contributed by atoms with E-state index in [-0.39, 0.29) is 11.9 Å². The number of halogens is 1. The van der Waals surface area contributed by atoms with E-state index < -0.39 is 0 Å². The van der Waals surface area contributed by atoms with Gasteiger partial charge in [-0.3, -0.25) is 4.79 Å². The molecular weight excluding hydrogens is 274 g/mol. The van der Waals surface area contributed by atoms with E-state index in [1.54, 1.807) is 36.4 Å². The normalized spacial score (nSPS) is 10.4. The zero-order valence-electron chi connectivity index (χ0n) is 11.4. The van der Waals surface area contributed by atoms with Crippen LogP contribution in [-0.2, 0) is 0 Å². The third-order valence-corrected chi connectivity index (χ3v) is 2.77. The Bertz CT molecular complexity index is 596. The SMILES string of the molecule is CC(C)Nc1cccc(C(=O)Nc2ccc(Cl)cc2)n1. The summed E-state index contributed by atoms with van der Waals surface area (Å²) in [6, 6.07) is 12.5. The van der Waals surface area contributed by atoms with Crippen LogP contribution in [0.5, 0.6) is 0 Å². The number of hydrogen-bond acceptors (Lipinski definition) is 3. The molecule has 2 rings (SSSR count). The highest BCUT2D eigenvalue weighted by molar-refractivity contribution is 6.30. The summed E-state index contributed by atoms with van der Waals surface area (Å²) in [6.07, 6.45) is 0. The van der Waals surface area contributed by atoms with Gasteiger partial charge in [-0.05, 0) is 50.2 Å². The van der Waals surface area contributed by atoms with Crippen molar-refractivity contribution in [2.24, 2.45) is 0 Å². The Hall–Kier alpha value is -2.07. The molecule has 2 aromatic rings. The van der Waals surface area contributed by atoms with Crippen LogP contribution in [0.2, 0.25) is 5.02 Å². The van der Waals surface area contributed by atoms with E-state index >= 15 is 0 Å². The number of rotatable bonds is 4. The fourth-order valence-electron chi connectivity index (χ4n) is 1.67. The summed E-state index contributed by atoms with van der Waals surface area (Å²) in [5.74, 6) is 0.434. The molecule has 1 aromatic heterocycles. The lowest BCUT2D eigenvalue weighted by molar-refractivity contribution is 0.102. The van der Waals surface area contributed by atoms with Crippen molar-refractivity contribution in [3.05, 3.63) is 53.2 Å². The zero-order chi connectivity index (χ0) is 14.5. The topological polar surface area (TPSA) is 54.0 Å².